The van der Waals surface area contributed by atoms with Gasteiger partial charge in [0.05, 0.1) is 11.9 Å². The van der Waals surface area contributed by atoms with Crippen LogP contribution in [0.1, 0.15) is 25.0 Å². The standard InChI is InChI=1S/C16H21N3/c1-12-9-14(17)10-18-15(12)19-11-16(2,3)13-7-5-4-6-8-13/h4-10H,11,17H2,1-3H3,(H,18,19). The van der Waals surface area contributed by atoms with Gasteiger partial charge in [0.25, 0.3) is 0 Å². The predicted octanol–water partition coefficient (Wildman–Crippen LogP) is 3.36. The van der Waals surface area contributed by atoms with Crippen LogP contribution in [0.2, 0.25) is 0 Å². The number of hydrogen-bond acceptors (Lipinski definition) is 3. The first-order valence-corrected chi connectivity index (χ1v) is 6.50. The summed E-state index contributed by atoms with van der Waals surface area (Å²) in [6, 6.07) is 12.4. The average Bonchev–Trinajstić information content (AvgIpc) is 2.39. The zero-order valence-electron chi connectivity index (χ0n) is 11.8. The molecular weight excluding hydrogens is 234 g/mol. The molecule has 0 radical (unpaired) electrons. The summed E-state index contributed by atoms with van der Waals surface area (Å²) in [5.74, 6) is 0.901. The second kappa shape index (κ2) is 5.31. The Morgan fingerprint density at radius 3 is 2.53 bits per heavy atom. The van der Waals surface area contributed by atoms with Gasteiger partial charge in [0, 0.05) is 12.0 Å². The molecule has 0 saturated heterocycles. The van der Waals surface area contributed by atoms with Crippen LogP contribution in [0.15, 0.2) is 42.6 Å². The van der Waals surface area contributed by atoms with Crippen molar-refractivity contribution in [2.45, 2.75) is 26.2 Å². The summed E-state index contributed by atoms with van der Waals surface area (Å²) in [5.41, 5.74) is 8.85. The van der Waals surface area contributed by atoms with Crippen LogP contribution in [0.25, 0.3) is 0 Å². The maximum absolute atomic E-state index is 5.71. The first-order valence-electron chi connectivity index (χ1n) is 6.50. The van der Waals surface area contributed by atoms with Crippen LogP contribution >= 0.6 is 0 Å². The molecule has 2 aromatic rings. The Labute approximate surface area is 114 Å². The van der Waals surface area contributed by atoms with Gasteiger partial charge in [0.2, 0.25) is 0 Å². The van der Waals surface area contributed by atoms with E-state index in [9.17, 15) is 0 Å². The van der Waals surface area contributed by atoms with Crippen molar-refractivity contribution in [2.24, 2.45) is 0 Å². The summed E-state index contributed by atoms with van der Waals surface area (Å²) in [5, 5.41) is 3.41. The van der Waals surface area contributed by atoms with Gasteiger partial charge in [0.1, 0.15) is 5.82 Å². The van der Waals surface area contributed by atoms with E-state index in [1.165, 1.54) is 5.56 Å². The molecule has 0 saturated carbocycles. The van der Waals surface area contributed by atoms with Gasteiger partial charge in [-0.15, -0.1) is 0 Å². The van der Waals surface area contributed by atoms with Crippen molar-refractivity contribution in [1.29, 1.82) is 0 Å². The second-order valence-electron chi connectivity index (χ2n) is 5.54. The van der Waals surface area contributed by atoms with Gasteiger partial charge in [-0.3, -0.25) is 0 Å². The van der Waals surface area contributed by atoms with E-state index in [0.29, 0.717) is 5.69 Å². The minimum atomic E-state index is 0.0523. The number of nitrogens with zero attached hydrogens (tertiary/aromatic N) is 1. The topological polar surface area (TPSA) is 50.9 Å². The van der Waals surface area contributed by atoms with Gasteiger partial charge < -0.3 is 11.1 Å². The molecule has 1 aromatic heterocycles. The number of pyridine rings is 1. The number of rotatable bonds is 4. The molecule has 0 atom stereocenters. The molecule has 1 heterocycles. The fourth-order valence-electron chi connectivity index (χ4n) is 2.08. The third-order valence-corrected chi connectivity index (χ3v) is 3.35. The van der Waals surface area contributed by atoms with E-state index in [0.717, 1.165) is 17.9 Å². The lowest BCUT2D eigenvalue weighted by Gasteiger charge is -2.26. The fraction of sp³-hybridized carbons (Fsp3) is 0.312. The summed E-state index contributed by atoms with van der Waals surface area (Å²) in [6.07, 6.45) is 1.69. The SMILES string of the molecule is Cc1cc(N)cnc1NCC(C)(C)c1ccccc1. The van der Waals surface area contributed by atoms with E-state index in [1.54, 1.807) is 6.20 Å². The lowest BCUT2D eigenvalue weighted by Crippen LogP contribution is -2.28. The normalized spacial score (nSPS) is 11.3. The first-order chi connectivity index (χ1) is 8.99. The predicted molar refractivity (Wildman–Crippen MR) is 81.3 cm³/mol. The third kappa shape index (κ3) is 3.25. The average molecular weight is 255 g/mol. The summed E-state index contributed by atoms with van der Waals surface area (Å²) < 4.78 is 0. The number of aryl methyl sites for hydroxylation is 1. The highest BCUT2D eigenvalue weighted by atomic mass is 15.0. The van der Waals surface area contributed by atoms with Crippen molar-refractivity contribution in [1.82, 2.24) is 4.98 Å². The number of nitrogen functional groups attached to an aromatic ring is 1. The molecule has 0 amide bonds. The van der Waals surface area contributed by atoms with Gasteiger partial charge in [0.15, 0.2) is 0 Å². The third-order valence-electron chi connectivity index (χ3n) is 3.35. The van der Waals surface area contributed by atoms with Crippen molar-refractivity contribution in [3.05, 3.63) is 53.7 Å². The number of aromatic nitrogens is 1. The van der Waals surface area contributed by atoms with E-state index in [4.69, 9.17) is 5.73 Å². The number of hydrogen-bond donors (Lipinski definition) is 2. The summed E-state index contributed by atoms with van der Waals surface area (Å²) in [4.78, 5) is 4.34. The quantitative estimate of drug-likeness (QED) is 0.880. The second-order valence-corrected chi connectivity index (χ2v) is 5.54. The van der Waals surface area contributed by atoms with Crippen molar-refractivity contribution >= 4 is 11.5 Å². The highest BCUT2D eigenvalue weighted by molar-refractivity contribution is 5.51. The highest BCUT2D eigenvalue weighted by Gasteiger charge is 2.20. The molecule has 2 rings (SSSR count). The number of benzene rings is 1. The minimum Gasteiger partial charge on any atom is -0.397 e. The first kappa shape index (κ1) is 13.4. The molecule has 0 unspecified atom stereocenters. The molecule has 0 spiro atoms. The van der Waals surface area contributed by atoms with E-state index < -0.39 is 0 Å². The zero-order valence-corrected chi connectivity index (χ0v) is 11.8. The van der Waals surface area contributed by atoms with Crippen LogP contribution in [0.3, 0.4) is 0 Å². The Morgan fingerprint density at radius 2 is 1.89 bits per heavy atom. The van der Waals surface area contributed by atoms with Gasteiger partial charge in [-0.1, -0.05) is 44.2 Å². The molecule has 0 aliphatic carbocycles. The molecule has 19 heavy (non-hydrogen) atoms. The smallest absolute Gasteiger partial charge is 0.129 e. The zero-order chi connectivity index (χ0) is 13.9. The Kier molecular flexibility index (Phi) is 3.74. The highest BCUT2D eigenvalue weighted by Crippen LogP contribution is 2.24. The molecule has 100 valence electrons. The van der Waals surface area contributed by atoms with E-state index >= 15 is 0 Å². The molecule has 3 heteroatoms. The Balaban J connectivity index is 2.09. The van der Waals surface area contributed by atoms with Crippen LogP contribution in [0, 0.1) is 6.92 Å². The lowest BCUT2D eigenvalue weighted by molar-refractivity contribution is 0.556. The van der Waals surface area contributed by atoms with Crippen molar-refractivity contribution in [3.8, 4) is 0 Å². The molecule has 0 aliphatic heterocycles. The van der Waals surface area contributed by atoms with Crippen molar-refractivity contribution < 1.29 is 0 Å². The minimum absolute atomic E-state index is 0.0523. The monoisotopic (exact) mass is 255 g/mol. The van der Waals surface area contributed by atoms with Gasteiger partial charge in [-0.05, 0) is 24.1 Å². The van der Waals surface area contributed by atoms with Gasteiger partial charge in [-0.25, -0.2) is 4.98 Å². The van der Waals surface area contributed by atoms with Crippen LogP contribution in [0.4, 0.5) is 11.5 Å². The largest absolute Gasteiger partial charge is 0.397 e. The molecule has 3 nitrogen and oxygen atoms in total. The van der Waals surface area contributed by atoms with Crippen molar-refractivity contribution in [3.63, 3.8) is 0 Å². The number of anilines is 2. The Bertz CT molecular complexity index is 547. The fourth-order valence-corrected chi connectivity index (χ4v) is 2.08. The van der Waals surface area contributed by atoms with E-state index in [2.05, 4.69) is 48.4 Å². The van der Waals surface area contributed by atoms with E-state index in [1.807, 2.05) is 19.1 Å². The number of nitrogens with two attached hydrogens (primary N) is 1. The van der Waals surface area contributed by atoms with Crippen LogP contribution in [0.5, 0.6) is 0 Å². The summed E-state index contributed by atoms with van der Waals surface area (Å²) >= 11 is 0. The molecule has 0 aliphatic rings. The van der Waals surface area contributed by atoms with Crippen LogP contribution < -0.4 is 11.1 Å². The molecule has 0 fully saturated rings. The molecule has 0 bridgehead atoms. The number of nitrogens with one attached hydrogen (secondary N) is 1. The summed E-state index contributed by atoms with van der Waals surface area (Å²) in [6.45, 7) is 7.29. The van der Waals surface area contributed by atoms with E-state index in [-0.39, 0.29) is 5.41 Å². The molecule has 3 N–H and O–H groups in total. The maximum atomic E-state index is 5.71. The maximum Gasteiger partial charge on any atom is 0.129 e. The van der Waals surface area contributed by atoms with Gasteiger partial charge in [-0.2, -0.15) is 0 Å². The van der Waals surface area contributed by atoms with Crippen LogP contribution in [-0.2, 0) is 5.41 Å². The summed E-state index contributed by atoms with van der Waals surface area (Å²) in [7, 11) is 0. The Morgan fingerprint density at radius 1 is 1.21 bits per heavy atom. The lowest BCUT2D eigenvalue weighted by atomic mass is 9.84. The Hall–Kier alpha value is -2.03. The van der Waals surface area contributed by atoms with Gasteiger partial charge >= 0.3 is 0 Å². The molecule has 1 aromatic carbocycles. The van der Waals surface area contributed by atoms with Crippen LogP contribution in [-0.4, -0.2) is 11.5 Å². The molecular formula is C16H21N3. The van der Waals surface area contributed by atoms with Crippen molar-refractivity contribution in [2.75, 3.05) is 17.6 Å².